The Bertz CT molecular complexity index is 2700. The van der Waals surface area contributed by atoms with Crippen molar-refractivity contribution in [2.75, 3.05) is 9.80 Å². The van der Waals surface area contributed by atoms with Crippen LogP contribution in [-0.4, -0.2) is 6.04 Å². The highest BCUT2D eigenvalue weighted by Gasteiger charge is 2.53. The summed E-state index contributed by atoms with van der Waals surface area (Å²) in [5, 5.41) is 2.52. The van der Waals surface area contributed by atoms with E-state index in [2.05, 4.69) is 198 Å². The van der Waals surface area contributed by atoms with Crippen LogP contribution in [-0.2, 0) is 5.41 Å². The number of nitrogens with zero attached hydrogens (tertiary/aromatic N) is 2. The average Bonchev–Trinajstić information content (AvgIpc) is 3.73. The van der Waals surface area contributed by atoms with E-state index in [4.69, 9.17) is 0 Å². The van der Waals surface area contributed by atoms with Gasteiger partial charge in [0, 0.05) is 34.0 Å². The van der Waals surface area contributed by atoms with E-state index in [-0.39, 0.29) is 6.04 Å². The molecule has 2 nitrogen and oxygen atoms in total. The van der Waals surface area contributed by atoms with Gasteiger partial charge >= 0.3 is 0 Å². The zero-order valence-electron chi connectivity index (χ0n) is 30.9. The molecular formula is C53H42N2. The van der Waals surface area contributed by atoms with Crippen molar-refractivity contribution in [3.8, 4) is 11.1 Å². The molecule has 0 aliphatic heterocycles. The van der Waals surface area contributed by atoms with E-state index in [0.717, 1.165) is 32.1 Å². The average molecular weight is 707 g/mol. The molecule has 0 N–H and O–H groups in total. The molecular weight excluding hydrogens is 665 g/mol. The molecule has 6 aromatic rings. The number of benzene rings is 6. The van der Waals surface area contributed by atoms with Crippen LogP contribution in [0.25, 0.3) is 27.5 Å². The lowest BCUT2D eigenvalue weighted by molar-refractivity contribution is 0.713. The van der Waals surface area contributed by atoms with E-state index in [1.165, 1.54) is 83.7 Å². The van der Waals surface area contributed by atoms with Gasteiger partial charge in [0.2, 0.25) is 0 Å². The standard InChI is InChI=1S/C53H42N2/c1-4-19-39(20-5-1)54(42-32-31-37-17-10-11-18-38(37)35-42)43-33-34-45-44-25-12-14-27-47(44)53(50(45)36-43)48-28-15-13-26-46(48)52-49(53)29-16-30-51(52)55(40-21-6-2-7-22-40)41-23-8-3-9-24-41/h1-4,6-14,16-19,21-23,25-27,29-36,41H,5,15,20,24,28H2. The number of fused-ring (bicyclic) bond motifs is 10. The van der Waals surface area contributed by atoms with Crippen LogP contribution >= 0.6 is 0 Å². The second-order valence-corrected chi connectivity index (χ2v) is 15.4. The molecule has 6 aromatic carbocycles. The second-order valence-electron chi connectivity index (χ2n) is 15.4. The van der Waals surface area contributed by atoms with Crippen LogP contribution in [0.3, 0.4) is 0 Å². The molecule has 2 atom stereocenters. The molecule has 0 aromatic heterocycles. The van der Waals surface area contributed by atoms with Crippen molar-refractivity contribution in [1.82, 2.24) is 0 Å². The monoisotopic (exact) mass is 706 g/mol. The highest BCUT2D eigenvalue weighted by molar-refractivity contribution is 6.01. The number of rotatable bonds is 6. The van der Waals surface area contributed by atoms with E-state index < -0.39 is 5.41 Å². The first-order valence-corrected chi connectivity index (χ1v) is 19.9. The Balaban J connectivity index is 1.17. The fourth-order valence-corrected chi connectivity index (χ4v) is 10.2. The van der Waals surface area contributed by atoms with Crippen molar-refractivity contribution in [2.45, 2.75) is 43.6 Å². The molecule has 5 aliphatic carbocycles. The van der Waals surface area contributed by atoms with E-state index in [1.54, 1.807) is 0 Å². The van der Waals surface area contributed by atoms with Gasteiger partial charge < -0.3 is 9.80 Å². The summed E-state index contributed by atoms with van der Waals surface area (Å²) in [6, 6.07) is 50.6. The quantitative estimate of drug-likeness (QED) is 0.170. The molecule has 0 amide bonds. The summed E-state index contributed by atoms with van der Waals surface area (Å²) < 4.78 is 0. The molecule has 264 valence electrons. The number of allylic oxidation sites excluding steroid dienone is 10. The summed E-state index contributed by atoms with van der Waals surface area (Å²) in [6.45, 7) is 0. The van der Waals surface area contributed by atoms with Gasteiger partial charge in [0.05, 0.1) is 11.5 Å². The Morgan fingerprint density at radius 1 is 0.545 bits per heavy atom. The summed E-state index contributed by atoms with van der Waals surface area (Å²) >= 11 is 0. The van der Waals surface area contributed by atoms with Gasteiger partial charge in [0.15, 0.2) is 0 Å². The van der Waals surface area contributed by atoms with Crippen LogP contribution < -0.4 is 9.80 Å². The third-order valence-corrected chi connectivity index (χ3v) is 12.5. The topological polar surface area (TPSA) is 6.48 Å². The summed E-state index contributed by atoms with van der Waals surface area (Å²) in [6.07, 6.45) is 25.8. The maximum absolute atomic E-state index is 2.59. The molecule has 11 rings (SSSR count). The number of anilines is 4. The van der Waals surface area contributed by atoms with E-state index in [9.17, 15) is 0 Å². The maximum atomic E-state index is 2.59. The summed E-state index contributed by atoms with van der Waals surface area (Å²) in [5.41, 5.74) is 17.0. The smallest absolute Gasteiger partial charge is 0.0690 e. The Labute approximate surface area is 324 Å². The largest absolute Gasteiger partial charge is 0.334 e. The molecule has 55 heavy (non-hydrogen) atoms. The van der Waals surface area contributed by atoms with Gasteiger partial charge in [0.1, 0.15) is 0 Å². The first kappa shape index (κ1) is 32.1. The lowest BCUT2D eigenvalue weighted by Crippen LogP contribution is -2.31. The predicted octanol–water partition coefficient (Wildman–Crippen LogP) is 13.7. The number of hydrogen-bond acceptors (Lipinski definition) is 2. The third-order valence-electron chi connectivity index (χ3n) is 12.5. The molecule has 2 unspecified atom stereocenters. The minimum absolute atomic E-state index is 0.218. The van der Waals surface area contributed by atoms with Gasteiger partial charge in [-0.2, -0.15) is 0 Å². The minimum atomic E-state index is -0.395. The van der Waals surface area contributed by atoms with Crippen molar-refractivity contribution in [1.29, 1.82) is 0 Å². The summed E-state index contributed by atoms with van der Waals surface area (Å²) in [7, 11) is 0. The zero-order valence-corrected chi connectivity index (χ0v) is 30.9. The maximum Gasteiger partial charge on any atom is 0.0690 e. The SMILES string of the molecule is C1=CCCC(N(c2ccc3c(c2)C2(C4=C(C=CCC4)c4c(N(c5ccccc5)C5C=CC=CC5)cccc42)c2ccccc2-3)c2ccc3ccccc3c2)=C1. The van der Waals surface area contributed by atoms with Gasteiger partial charge in [-0.15, -0.1) is 0 Å². The van der Waals surface area contributed by atoms with Crippen molar-refractivity contribution < 1.29 is 0 Å². The Kier molecular flexibility index (Phi) is 7.52. The highest BCUT2D eigenvalue weighted by atomic mass is 15.2. The van der Waals surface area contributed by atoms with E-state index in [1.807, 2.05) is 0 Å². The fourth-order valence-electron chi connectivity index (χ4n) is 10.2. The number of para-hydroxylation sites is 1. The lowest BCUT2D eigenvalue weighted by atomic mass is 9.68. The van der Waals surface area contributed by atoms with Crippen LogP contribution in [0.15, 0.2) is 199 Å². The molecule has 0 saturated heterocycles. The molecule has 5 aliphatic rings. The summed E-state index contributed by atoms with van der Waals surface area (Å²) in [5.74, 6) is 0. The third kappa shape index (κ3) is 4.87. The molecule has 1 spiro atoms. The Hall–Kier alpha value is -6.38. The normalized spacial score (nSPS) is 20.0. The molecule has 0 heterocycles. The first-order valence-electron chi connectivity index (χ1n) is 19.9. The number of hydrogen-bond donors (Lipinski definition) is 0. The fraction of sp³-hybridized carbons (Fsp3) is 0.132. The zero-order chi connectivity index (χ0) is 36.3. The van der Waals surface area contributed by atoms with Crippen LogP contribution in [0, 0.1) is 0 Å². The van der Waals surface area contributed by atoms with E-state index in [0.29, 0.717) is 0 Å². The van der Waals surface area contributed by atoms with E-state index >= 15 is 0 Å². The Morgan fingerprint density at radius 2 is 1.33 bits per heavy atom. The van der Waals surface area contributed by atoms with Crippen molar-refractivity contribution in [2.24, 2.45) is 0 Å². The minimum Gasteiger partial charge on any atom is -0.334 e. The second kappa shape index (κ2) is 12.9. The van der Waals surface area contributed by atoms with Gasteiger partial charge in [-0.05, 0) is 130 Å². The Morgan fingerprint density at radius 3 is 2.20 bits per heavy atom. The molecule has 0 bridgehead atoms. The van der Waals surface area contributed by atoms with Gasteiger partial charge in [-0.3, -0.25) is 0 Å². The van der Waals surface area contributed by atoms with Gasteiger partial charge in [-0.25, -0.2) is 0 Å². The van der Waals surface area contributed by atoms with Crippen molar-refractivity contribution >= 4 is 39.1 Å². The molecule has 2 heteroatoms. The van der Waals surface area contributed by atoms with Crippen LogP contribution in [0.1, 0.15) is 54.4 Å². The van der Waals surface area contributed by atoms with Crippen molar-refractivity contribution in [3.63, 3.8) is 0 Å². The lowest BCUT2D eigenvalue weighted by Gasteiger charge is -2.36. The highest BCUT2D eigenvalue weighted by Crippen LogP contribution is 2.65. The van der Waals surface area contributed by atoms with Crippen molar-refractivity contribution in [3.05, 3.63) is 222 Å². The first-order chi connectivity index (χ1) is 27.3. The van der Waals surface area contributed by atoms with Gasteiger partial charge in [0.25, 0.3) is 0 Å². The van der Waals surface area contributed by atoms with Crippen LogP contribution in [0.2, 0.25) is 0 Å². The van der Waals surface area contributed by atoms with Gasteiger partial charge in [-0.1, -0.05) is 140 Å². The molecule has 0 radical (unpaired) electrons. The summed E-state index contributed by atoms with van der Waals surface area (Å²) in [4.78, 5) is 5.11. The molecule has 0 fully saturated rings. The molecule has 0 saturated carbocycles. The van der Waals surface area contributed by atoms with Crippen LogP contribution in [0.4, 0.5) is 22.7 Å². The predicted molar refractivity (Wildman–Crippen MR) is 231 cm³/mol. The van der Waals surface area contributed by atoms with Crippen LogP contribution in [0.5, 0.6) is 0 Å².